The predicted molar refractivity (Wildman–Crippen MR) is 131 cm³/mol. The van der Waals surface area contributed by atoms with Gasteiger partial charge < -0.3 is 5.32 Å². The van der Waals surface area contributed by atoms with E-state index < -0.39 is 0 Å². The second-order valence-electron chi connectivity index (χ2n) is 9.04. The third-order valence-corrected chi connectivity index (χ3v) is 5.94. The zero-order chi connectivity index (χ0) is 21.9. The van der Waals surface area contributed by atoms with E-state index in [4.69, 9.17) is 0 Å². The van der Waals surface area contributed by atoms with Gasteiger partial charge in [0.25, 0.3) is 0 Å². The molecule has 1 amide bonds. The average molecular weight is 417 g/mol. The minimum Gasteiger partial charge on any atom is -0.336 e. The SMILES string of the molecule is CCCCCCCCCCCCCCCCCC(=O)NC(c1ccccc1)N(C)C. The van der Waals surface area contributed by atoms with Crippen LogP contribution >= 0.6 is 0 Å². The van der Waals surface area contributed by atoms with Crippen molar-refractivity contribution in [2.75, 3.05) is 14.1 Å². The van der Waals surface area contributed by atoms with Crippen molar-refractivity contribution >= 4 is 5.91 Å². The van der Waals surface area contributed by atoms with Crippen LogP contribution in [0.3, 0.4) is 0 Å². The molecule has 1 aromatic carbocycles. The molecule has 3 nitrogen and oxygen atoms in total. The van der Waals surface area contributed by atoms with Gasteiger partial charge in [0.05, 0.1) is 0 Å². The zero-order valence-electron chi connectivity index (χ0n) is 20.1. The third-order valence-electron chi connectivity index (χ3n) is 5.94. The number of carbonyl (C=O) groups is 1. The first kappa shape index (κ1) is 26.7. The zero-order valence-corrected chi connectivity index (χ0v) is 20.1. The third kappa shape index (κ3) is 13.8. The minimum absolute atomic E-state index is 0.0463. The summed E-state index contributed by atoms with van der Waals surface area (Å²) in [6.07, 6.45) is 20.8. The van der Waals surface area contributed by atoms with Crippen molar-refractivity contribution in [2.45, 2.75) is 116 Å². The molecular formula is C27H48N2O. The summed E-state index contributed by atoms with van der Waals surface area (Å²) in [6.45, 7) is 2.28. The molecule has 0 saturated heterocycles. The molecule has 0 saturated carbocycles. The highest BCUT2D eigenvalue weighted by atomic mass is 16.1. The lowest BCUT2D eigenvalue weighted by Crippen LogP contribution is -2.37. The summed E-state index contributed by atoms with van der Waals surface area (Å²) in [5.41, 5.74) is 1.13. The quantitative estimate of drug-likeness (QED) is 0.186. The Labute approximate surface area is 187 Å². The van der Waals surface area contributed by atoms with Crippen LogP contribution in [0.15, 0.2) is 30.3 Å². The molecule has 1 atom stereocenters. The average Bonchev–Trinajstić information content (AvgIpc) is 2.75. The van der Waals surface area contributed by atoms with Gasteiger partial charge in [-0.3, -0.25) is 9.69 Å². The van der Waals surface area contributed by atoms with Gasteiger partial charge in [0.2, 0.25) is 5.91 Å². The maximum Gasteiger partial charge on any atom is 0.221 e. The van der Waals surface area contributed by atoms with Crippen LogP contribution in [0.5, 0.6) is 0 Å². The molecule has 0 aliphatic heterocycles. The summed E-state index contributed by atoms with van der Waals surface area (Å²) in [6, 6.07) is 10.2. The molecule has 1 aromatic rings. The van der Waals surface area contributed by atoms with E-state index in [2.05, 4.69) is 29.3 Å². The molecule has 1 N–H and O–H groups in total. The summed E-state index contributed by atoms with van der Waals surface area (Å²) < 4.78 is 0. The number of unbranched alkanes of at least 4 members (excludes halogenated alkanes) is 14. The van der Waals surface area contributed by atoms with Crippen LogP contribution in [0.4, 0.5) is 0 Å². The number of nitrogens with zero attached hydrogens (tertiary/aromatic N) is 1. The number of hydrogen-bond acceptors (Lipinski definition) is 2. The maximum absolute atomic E-state index is 12.3. The van der Waals surface area contributed by atoms with Crippen molar-refractivity contribution in [3.63, 3.8) is 0 Å². The second kappa shape index (κ2) is 18.4. The van der Waals surface area contributed by atoms with E-state index in [-0.39, 0.29) is 12.1 Å². The van der Waals surface area contributed by atoms with Crippen LogP contribution in [-0.2, 0) is 4.79 Å². The van der Waals surface area contributed by atoms with E-state index in [1.807, 2.05) is 32.3 Å². The van der Waals surface area contributed by atoms with Crippen molar-refractivity contribution in [1.82, 2.24) is 10.2 Å². The van der Waals surface area contributed by atoms with Gasteiger partial charge in [-0.1, -0.05) is 127 Å². The van der Waals surface area contributed by atoms with Crippen LogP contribution in [-0.4, -0.2) is 24.9 Å². The number of rotatable bonds is 19. The standard InChI is InChI=1S/C27H48N2O/c1-4-5-6-7-8-9-10-11-12-13-14-15-16-17-21-24-26(30)28-27(29(2)3)25-22-19-18-20-23-25/h18-20,22-23,27H,4-17,21,24H2,1-3H3,(H,28,30). The molecule has 0 fully saturated rings. The Morgan fingerprint density at radius 3 is 1.60 bits per heavy atom. The Bertz CT molecular complexity index is 515. The molecule has 1 unspecified atom stereocenters. The van der Waals surface area contributed by atoms with Crippen molar-refractivity contribution in [3.05, 3.63) is 35.9 Å². The van der Waals surface area contributed by atoms with E-state index in [0.717, 1.165) is 12.0 Å². The van der Waals surface area contributed by atoms with Gasteiger partial charge in [0, 0.05) is 6.42 Å². The number of nitrogens with one attached hydrogen (secondary N) is 1. The normalized spacial score (nSPS) is 12.3. The van der Waals surface area contributed by atoms with Crippen molar-refractivity contribution in [2.24, 2.45) is 0 Å². The second-order valence-corrected chi connectivity index (χ2v) is 9.04. The fourth-order valence-electron chi connectivity index (χ4n) is 4.03. The molecule has 0 aliphatic rings. The van der Waals surface area contributed by atoms with Crippen LogP contribution in [0, 0.1) is 0 Å². The molecule has 0 aliphatic carbocycles. The maximum atomic E-state index is 12.3. The lowest BCUT2D eigenvalue weighted by molar-refractivity contribution is -0.123. The fourth-order valence-corrected chi connectivity index (χ4v) is 4.03. The number of carbonyl (C=O) groups excluding carboxylic acids is 1. The first-order valence-corrected chi connectivity index (χ1v) is 12.7. The highest BCUT2D eigenvalue weighted by molar-refractivity contribution is 5.76. The van der Waals surface area contributed by atoms with Gasteiger partial charge in [-0.15, -0.1) is 0 Å². The Kier molecular flexibility index (Phi) is 16.4. The predicted octanol–water partition coefficient (Wildman–Crippen LogP) is 7.62. The molecule has 1 rings (SSSR count). The molecule has 0 radical (unpaired) electrons. The molecular weight excluding hydrogens is 368 g/mol. The van der Waals surface area contributed by atoms with E-state index in [1.54, 1.807) is 0 Å². The van der Waals surface area contributed by atoms with Gasteiger partial charge in [-0.25, -0.2) is 0 Å². The van der Waals surface area contributed by atoms with Crippen LogP contribution in [0.2, 0.25) is 0 Å². The Morgan fingerprint density at radius 1 is 0.733 bits per heavy atom. The van der Waals surface area contributed by atoms with Crippen molar-refractivity contribution < 1.29 is 4.79 Å². The highest BCUT2D eigenvalue weighted by Crippen LogP contribution is 2.16. The lowest BCUT2D eigenvalue weighted by Gasteiger charge is -2.25. The minimum atomic E-state index is -0.0463. The molecule has 0 spiro atoms. The van der Waals surface area contributed by atoms with Crippen LogP contribution in [0.25, 0.3) is 0 Å². The van der Waals surface area contributed by atoms with Gasteiger partial charge in [-0.2, -0.15) is 0 Å². The van der Waals surface area contributed by atoms with Gasteiger partial charge >= 0.3 is 0 Å². The molecule has 0 aromatic heterocycles. The summed E-state index contributed by atoms with van der Waals surface area (Å²) >= 11 is 0. The Balaban J connectivity index is 1.94. The van der Waals surface area contributed by atoms with Gasteiger partial charge in [0.15, 0.2) is 0 Å². The molecule has 0 bridgehead atoms. The van der Waals surface area contributed by atoms with Crippen molar-refractivity contribution in [3.8, 4) is 0 Å². The summed E-state index contributed by atoms with van der Waals surface area (Å²) in [4.78, 5) is 14.4. The molecule has 30 heavy (non-hydrogen) atoms. The van der Waals surface area contributed by atoms with E-state index in [1.165, 1.54) is 89.9 Å². The van der Waals surface area contributed by atoms with E-state index in [0.29, 0.717) is 6.42 Å². The molecule has 172 valence electrons. The largest absolute Gasteiger partial charge is 0.336 e. The van der Waals surface area contributed by atoms with Crippen molar-refractivity contribution in [1.29, 1.82) is 0 Å². The van der Waals surface area contributed by atoms with Gasteiger partial charge in [-0.05, 0) is 26.1 Å². The fraction of sp³-hybridized carbons (Fsp3) is 0.741. The number of benzene rings is 1. The number of amides is 1. The first-order valence-electron chi connectivity index (χ1n) is 12.7. The summed E-state index contributed by atoms with van der Waals surface area (Å²) in [5.74, 6) is 0.159. The van der Waals surface area contributed by atoms with E-state index >= 15 is 0 Å². The summed E-state index contributed by atoms with van der Waals surface area (Å²) in [5, 5.41) is 3.17. The smallest absolute Gasteiger partial charge is 0.221 e. The topological polar surface area (TPSA) is 32.3 Å². The van der Waals surface area contributed by atoms with E-state index in [9.17, 15) is 4.79 Å². The first-order chi connectivity index (χ1) is 14.6. The molecule has 0 heterocycles. The van der Waals surface area contributed by atoms with Crippen LogP contribution < -0.4 is 5.32 Å². The van der Waals surface area contributed by atoms with Crippen LogP contribution in [0.1, 0.15) is 121 Å². The Morgan fingerprint density at radius 2 is 1.17 bits per heavy atom. The highest BCUT2D eigenvalue weighted by Gasteiger charge is 2.15. The Hall–Kier alpha value is -1.35. The van der Waals surface area contributed by atoms with Gasteiger partial charge in [0.1, 0.15) is 6.17 Å². The lowest BCUT2D eigenvalue weighted by atomic mass is 10.0. The monoisotopic (exact) mass is 416 g/mol. The summed E-state index contributed by atoms with van der Waals surface area (Å²) in [7, 11) is 4.01. The number of hydrogen-bond donors (Lipinski definition) is 1. The molecule has 3 heteroatoms.